The molecule has 0 aromatic rings. The maximum absolute atomic E-state index is 2.27. The van der Waals surface area contributed by atoms with E-state index in [1.807, 2.05) is 0 Å². The molecule has 0 spiro atoms. The third-order valence-corrected chi connectivity index (χ3v) is 2.67. The molecule has 2 fully saturated rings. The van der Waals surface area contributed by atoms with Crippen LogP contribution in [-0.2, 0) is 40.2 Å². The largest absolute Gasteiger partial charge is 0.412 e. The maximum Gasteiger partial charge on any atom is 0 e. The molecular weight excluding hydrogens is 609 g/mol. The van der Waals surface area contributed by atoms with Crippen LogP contribution >= 0.6 is 0 Å². The van der Waals surface area contributed by atoms with Crippen LogP contribution in [0.15, 0.2) is 0 Å². The van der Waals surface area contributed by atoms with Crippen LogP contribution in [-0.4, -0.2) is 11.0 Å². The molecule has 2 aliphatic rings. The van der Waals surface area contributed by atoms with Crippen molar-refractivity contribution >= 4 is 0 Å². The molecule has 0 bridgehead atoms. The minimum absolute atomic E-state index is 0. The van der Waals surface area contributed by atoms with Crippen molar-refractivity contribution in [1.29, 1.82) is 0 Å². The third kappa shape index (κ3) is 21.5. The van der Waals surface area contributed by atoms with E-state index >= 15 is 0 Å². The standard InChI is InChI=1S/2C8H12.2Ir.2H2O/c2*1-2-4-6-8-7-5-3-1;;;;/h2*1-2,7-8H,3-6H2;;;2*1H2. The minimum atomic E-state index is 0. The van der Waals surface area contributed by atoms with Gasteiger partial charge in [0.25, 0.3) is 0 Å². The molecule has 0 aliphatic heterocycles. The molecule has 2 aliphatic carbocycles. The fourth-order valence-corrected chi connectivity index (χ4v) is 1.71. The Morgan fingerprint density at radius 1 is 0.300 bits per heavy atom. The first-order chi connectivity index (χ1) is 8.00. The quantitative estimate of drug-likeness (QED) is 0.393. The Labute approximate surface area is 153 Å². The van der Waals surface area contributed by atoms with Gasteiger partial charge in [-0.05, 0) is 103 Å². The fourth-order valence-electron chi connectivity index (χ4n) is 1.71. The van der Waals surface area contributed by atoms with Crippen molar-refractivity contribution in [3.05, 3.63) is 51.4 Å². The average molecular weight is 637 g/mol. The molecule has 0 saturated heterocycles. The van der Waals surface area contributed by atoms with Crippen LogP contribution in [0, 0.1) is 51.4 Å². The second-order valence-corrected chi connectivity index (χ2v) is 4.20. The van der Waals surface area contributed by atoms with E-state index in [0.29, 0.717) is 0 Å². The van der Waals surface area contributed by atoms with Crippen LogP contribution in [0.2, 0.25) is 0 Å². The summed E-state index contributed by atoms with van der Waals surface area (Å²) in [6, 6.07) is 0. The molecule has 4 N–H and O–H groups in total. The van der Waals surface area contributed by atoms with E-state index < -0.39 is 0 Å². The van der Waals surface area contributed by atoms with E-state index in [4.69, 9.17) is 0 Å². The van der Waals surface area contributed by atoms with Gasteiger partial charge in [-0.15, -0.1) is 0 Å². The summed E-state index contributed by atoms with van der Waals surface area (Å²) in [5.74, 6) is 0. The molecule has 0 aromatic carbocycles. The van der Waals surface area contributed by atoms with Gasteiger partial charge in [-0.2, -0.15) is 0 Å². The number of hydrogen-bond acceptors (Lipinski definition) is 0. The summed E-state index contributed by atoms with van der Waals surface area (Å²) in [4.78, 5) is 0. The van der Waals surface area contributed by atoms with E-state index in [0.717, 1.165) is 0 Å². The van der Waals surface area contributed by atoms with Crippen molar-refractivity contribution in [3.8, 4) is 0 Å². The summed E-state index contributed by atoms with van der Waals surface area (Å²) < 4.78 is 0. The van der Waals surface area contributed by atoms with E-state index in [1.54, 1.807) is 0 Å². The minimum Gasteiger partial charge on any atom is -0.412 e. The Morgan fingerprint density at radius 3 is 0.500 bits per heavy atom. The first kappa shape index (κ1) is 29.3. The van der Waals surface area contributed by atoms with Crippen LogP contribution in [0.4, 0.5) is 0 Å². The predicted octanol–water partition coefficient (Wildman–Crippen LogP) is 3.10. The van der Waals surface area contributed by atoms with Gasteiger partial charge in [0.1, 0.15) is 0 Å². The van der Waals surface area contributed by atoms with Gasteiger partial charge in [-0.25, -0.2) is 0 Å². The summed E-state index contributed by atoms with van der Waals surface area (Å²) in [6.45, 7) is 0. The molecule has 0 unspecified atom stereocenters. The van der Waals surface area contributed by atoms with Gasteiger partial charge in [0.05, 0.1) is 0 Å². The molecule has 0 heterocycles. The monoisotopic (exact) mass is 638 g/mol. The molecule has 2 rings (SSSR count). The van der Waals surface area contributed by atoms with Crippen LogP contribution < -0.4 is 0 Å². The molecule has 0 atom stereocenters. The zero-order valence-electron chi connectivity index (χ0n) is 11.9. The van der Waals surface area contributed by atoms with Crippen molar-refractivity contribution in [3.63, 3.8) is 0 Å². The van der Waals surface area contributed by atoms with Gasteiger partial charge in [0, 0.05) is 40.2 Å². The van der Waals surface area contributed by atoms with Gasteiger partial charge in [-0.1, -0.05) is 0 Å². The van der Waals surface area contributed by atoms with E-state index in [9.17, 15) is 0 Å². The summed E-state index contributed by atoms with van der Waals surface area (Å²) in [5, 5.41) is 0. The molecule has 10 radical (unpaired) electrons. The van der Waals surface area contributed by atoms with Crippen LogP contribution in [0.1, 0.15) is 51.4 Å². The first-order valence-corrected chi connectivity index (χ1v) is 6.60. The Kier molecular flexibility index (Phi) is 36.8. The molecule has 0 amide bonds. The van der Waals surface area contributed by atoms with Gasteiger partial charge >= 0.3 is 0 Å². The smallest absolute Gasteiger partial charge is 0 e. The topological polar surface area (TPSA) is 63.0 Å². The van der Waals surface area contributed by atoms with E-state index in [1.165, 1.54) is 51.4 Å². The maximum atomic E-state index is 2.27. The number of hydrogen-bond donors (Lipinski definition) is 0. The average Bonchev–Trinajstić information content (AvgIpc) is 2.15. The van der Waals surface area contributed by atoms with Crippen molar-refractivity contribution in [2.45, 2.75) is 51.4 Å². The fraction of sp³-hybridized carbons (Fsp3) is 0.500. The Morgan fingerprint density at radius 2 is 0.400 bits per heavy atom. The van der Waals surface area contributed by atoms with Crippen molar-refractivity contribution in [1.82, 2.24) is 0 Å². The number of rotatable bonds is 0. The summed E-state index contributed by atoms with van der Waals surface area (Å²) >= 11 is 0. The van der Waals surface area contributed by atoms with Gasteiger partial charge in [0.2, 0.25) is 0 Å². The molecule has 122 valence electrons. The second kappa shape index (κ2) is 25.2. The van der Waals surface area contributed by atoms with E-state index in [-0.39, 0.29) is 51.2 Å². The van der Waals surface area contributed by atoms with Crippen LogP contribution in [0.25, 0.3) is 0 Å². The van der Waals surface area contributed by atoms with Crippen LogP contribution in [0.3, 0.4) is 0 Å². The normalized spacial score (nSPS) is 19.2. The Hall–Kier alpha value is 1.22. The van der Waals surface area contributed by atoms with Gasteiger partial charge in [0.15, 0.2) is 0 Å². The first-order valence-electron chi connectivity index (χ1n) is 6.60. The summed E-state index contributed by atoms with van der Waals surface area (Å²) in [6.07, 6.45) is 28.0. The Bertz CT molecular complexity index is 82.4. The molecule has 4 heteroatoms. The van der Waals surface area contributed by atoms with Crippen LogP contribution in [0.5, 0.6) is 0 Å². The van der Waals surface area contributed by atoms with Gasteiger partial charge < -0.3 is 11.0 Å². The van der Waals surface area contributed by atoms with Crippen molar-refractivity contribution in [2.24, 2.45) is 0 Å². The zero-order valence-corrected chi connectivity index (χ0v) is 16.7. The zero-order chi connectivity index (χ0) is 11.3. The van der Waals surface area contributed by atoms with Crippen molar-refractivity contribution in [2.75, 3.05) is 0 Å². The Balaban J connectivity index is -0.000000107. The second-order valence-electron chi connectivity index (χ2n) is 4.20. The van der Waals surface area contributed by atoms with Crippen molar-refractivity contribution < 1.29 is 51.2 Å². The summed E-state index contributed by atoms with van der Waals surface area (Å²) in [5.41, 5.74) is 0. The molecule has 20 heavy (non-hydrogen) atoms. The third-order valence-electron chi connectivity index (χ3n) is 2.67. The van der Waals surface area contributed by atoms with Gasteiger partial charge in [-0.3, -0.25) is 0 Å². The molecular formula is C16H28Ir2O2. The van der Waals surface area contributed by atoms with E-state index in [2.05, 4.69) is 51.4 Å². The molecule has 2 saturated carbocycles. The predicted molar refractivity (Wildman–Crippen MR) is 78.6 cm³/mol. The SMILES string of the molecule is O.O.[CH]1[CH]CC[CH][CH]CC1.[CH]1[CH]CC[CH][CH]CC1.[Ir].[Ir]. The summed E-state index contributed by atoms with van der Waals surface area (Å²) in [7, 11) is 0. The molecule has 0 aromatic heterocycles. The molecule has 2 nitrogen and oxygen atoms in total.